The van der Waals surface area contributed by atoms with E-state index in [2.05, 4.69) is 133 Å². The van der Waals surface area contributed by atoms with Crippen LogP contribution in [0.5, 0.6) is 0 Å². The Bertz CT molecular complexity index is 3510. The van der Waals surface area contributed by atoms with E-state index in [0.29, 0.717) is 11.3 Å². The summed E-state index contributed by atoms with van der Waals surface area (Å²) in [4.78, 5) is 1.89. The van der Waals surface area contributed by atoms with Crippen molar-refractivity contribution in [3.63, 3.8) is 0 Å². The molecule has 0 atom stereocenters. The van der Waals surface area contributed by atoms with Gasteiger partial charge in [0.2, 0.25) is 0 Å². The summed E-state index contributed by atoms with van der Waals surface area (Å²) in [5.74, 6) is 0. The van der Waals surface area contributed by atoms with E-state index in [9.17, 15) is 5.48 Å². The van der Waals surface area contributed by atoms with Crippen molar-refractivity contribution in [2.75, 3.05) is 4.90 Å². The van der Waals surface area contributed by atoms with Crippen molar-refractivity contribution in [2.24, 2.45) is 0 Å². The van der Waals surface area contributed by atoms with Crippen LogP contribution in [-0.4, -0.2) is 0 Å². The Morgan fingerprint density at radius 2 is 0.772 bits per heavy atom. The van der Waals surface area contributed by atoms with E-state index >= 15 is 0 Å². The van der Waals surface area contributed by atoms with Gasteiger partial charge in [0.15, 0.2) is 0 Å². The van der Waals surface area contributed by atoms with Crippen LogP contribution in [0.1, 0.15) is 5.48 Å². The summed E-state index contributed by atoms with van der Waals surface area (Å²) in [7, 11) is 0. The molecule has 1 heteroatoms. The largest absolute Gasteiger partial charge is 0.310 e. The molecule has 11 rings (SSSR count). The lowest BCUT2D eigenvalue weighted by Crippen LogP contribution is -2.10. The molecule has 11 aromatic carbocycles. The van der Waals surface area contributed by atoms with Crippen molar-refractivity contribution in [2.45, 2.75) is 0 Å². The predicted octanol–water partition coefficient (Wildman–Crippen LogP) is 15.9. The van der Waals surface area contributed by atoms with Crippen LogP contribution in [0.2, 0.25) is 0 Å². The predicted molar refractivity (Wildman–Crippen MR) is 245 cm³/mol. The average Bonchev–Trinajstić information content (AvgIpc) is 3.32. The number of fused-ring (bicyclic) bond motifs is 7. The molecule has 266 valence electrons. The van der Waals surface area contributed by atoms with E-state index in [4.69, 9.17) is 0 Å². The highest BCUT2D eigenvalue weighted by Gasteiger charge is 2.17. The maximum absolute atomic E-state index is 9.64. The zero-order valence-electron chi connectivity index (χ0n) is 35.0. The highest BCUT2D eigenvalue weighted by molar-refractivity contribution is 6.15. The second kappa shape index (κ2) is 13.7. The van der Waals surface area contributed by atoms with E-state index < -0.39 is 0 Å². The van der Waals surface area contributed by atoms with Gasteiger partial charge in [0, 0.05) is 17.1 Å². The van der Waals surface area contributed by atoms with Gasteiger partial charge in [0.25, 0.3) is 0 Å². The smallest absolute Gasteiger partial charge is 0.0645 e. The normalized spacial score (nSPS) is 12.5. The molecule has 0 amide bonds. The fourth-order valence-corrected chi connectivity index (χ4v) is 8.50. The molecular formula is C56H37N. The van der Waals surface area contributed by atoms with Crippen molar-refractivity contribution < 1.29 is 5.48 Å². The van der Waals surface area contributed by atoms with Crippen molar-refractivity contribution in [3.05, 3.63) is 224 Å². The molecule has 57 heavy (non-hydrogen) atoms. The second-order valence-electron chi connectivity index (χ2n) is 14.6. The highest BCUT2D eigenvalue weighted by Crippen LogP contribution is 2.42. The summed E-state index contributed by atoms with van der Waals surface area (Å²) in [6.07, 6.45) is 0. The summed E-state index contributed by atoms with van der Waals surface area (Å²) in [6, 6.07) is 68.2. The van der Waals surface area contributed by atoms with E-state index in [1.54, 1.807) is 0 Å². The lowest BCUT2D eigenvalue weighted by Gasteiger charge is -2.27. The fraction of sp³-hybridized carbons (Fsp3) is 0. The molecule has 0 N–H and O–H groups in total. The average molecular weight is 728 g/mol. The molecule has 0 radical (unpaired) electrons. The van der Waals surface area contributed by atoms with E-state index in [1.165, 1.54) is 21.5 Å². The van der Waals surface area contributed by atoms with Crippen molar-refractivity contribution in [1.82, 2.24) is 0 Å². The Morgan fingerprint density at radius 1 is 0.263 bits per heavy atom. The van der Waals surface area contributed by atoms with Crippen LogP contribution in [0, 0.1) is 0 Å². The van der Waals surface area contributed by atoms with Crippen LogP contribution in [0.15, 0.2) is 224 Å². The number of rotatable bonds is 6. The minimum atomic E-state index is -0.115. The SMILES string of the molecule is [2H]c1c([2H])c(N(c2ccc(-c3cc4ccccc4c4ccccc34)cc2)c2cccc(-c3cc4ccccc4c4ccccc34)c2)c([2H])c([2H])c1-c1ccc2ccccc2c1. The molecule has 0 aliphatic heterocycles. The summed E-state index contributed by atoms with van der Waals surface area (Å²) in [5, 5.41) is 11.4. The van der Waals surface area contributed by atoms with Gasteiger partial charge in [-0.2, -0.15) is 0 Å². The Morgan fingerprint density at radius 3 is 1.40 bits per heavy atom. The van der Waals surface area contributed by atoms with Crippen molar-refractivity contribution in [1.29, 1.82) is 0 Å². The van der Waals surface area contributed by atoms with Gasteiger partial charge in [-0.25, -0.2) is 0 Å². The molecule has 1 nitrogen and oxygen atoms in total. The molecule has 0 spiro atoms. The third kappa shape index (κ3) is 5.80. The van der Waals surface area contributed by atoms with Gasteiger partial charge in [-0.15, -0.1) is 0 Å². The minimum Gasteiger partial charge on any atom is -0.310 e. The van der Waals surface area contributed by atoms with Crippen LogP contribution in [-0.2, 0) is 0 Å². The Kier molecular flexibility index (Phi) is 6.93. The van der Waals surface area contributed by atoms with E-state index in [1.807, 2.05) is 71.6 Å². The van der Waals surface area contributed by atoms with Gasteiger partial charge >= 0.3 is 0 Å². The zero-order valence-corrected chi connectivity index (χ0v) is 31.0. The number of hydrogen-bond donors (Lipinski definition) is 0. The van der Waals surface area contributed by atoms with Gasteiger partial charge in [0.05, 0.1) is 5.48 Å². The number of benzene rings is 11. The molecule has 11 aromatic rings. The van der Waals surface area contributed by atoms with Crippen LogP contribution in [0.4, 0.5) is 17.1 Å². The molecule has 0 saturated carbocycles. The lowest BCUT2D eigenvalue weighted by atomic mass is 9.93. The Labute approximate surface area is 338 Å². The first-order chi connectivity index (χ1) is 29.9. The number of hydrogen-bond acceptors (Lipinski definition) is 1. The van der Waals surface area contributed by atoms with Crippen molar-refractivity contribution in [3.8, 4) is 33.4 Å². The molecule has 0 saturated heterocycles. The number of nitrogens with zero attached hydrogens (tertiary/aromatic N) is 1. The van der Waals surface area contributed by atoms with Gasteiger partial charge in [0.1, 0.15) is 0 Å². The first kappa shape index (κ1) is 28.9. The first-order valence-corrected chi connectivity index (χ1v) is 19.3. The molecule has 0 bridgehead atoms. The first-order valence-electron chi connectivity index (χ1n) is 21.3. The monoisotopic (exact) mass is 727 g/mol. The summed E-state index contributed by atoms with van der Waals surface area (Å²) >= 11 is 0. The fourth-order valence-electron chi connectivity index (χ4n) is 8.50. The van der Waals surface area contributed by atoms with Gasteiger partial charge < -0.3 is 4.90 Å². The van der Waals surface area contributed by atoms with Crippen LogP contribution in [0.25, 0.3) is 87.2 Å². The van der Waals surface area contributed by atoms with E-state index in [-0.39, 0.29) is 35.4 Å². The quantitative estimate of drug-likeness (QED) is 0.154. The molecule has 0 heterocycles. The standard InChI is InChI=1S/C56H37N/c1-2-13-41-34-42(25-24-38(41)12-1)39-26-30-46(31-27-39)57(47-32-28-40(29-33-47)55-36-44-14-3-5-18-49(44)51-20-7-9-22-53(51)55)48-17-11-16-43(35-48)56-37-45-15-4-6-19-50(45)52-21-8-10-23-54(52)56/h1-37H/i26D,27D,30D,31D. The Hall–Kier alpha value is -7.48. The molecule has 0 aromatic heterocycles. The van der Waals surface area contributed by atoms with Crippen LogP contribution in [0.3, 0.4) is 0 Å². The maximum Gasteiger partial charge on any atom is 0.0645 e. The zero-order chi connectivity index (χ0) is 41.2. The number of anilines is 3. The minimum absolute atomic E-state index is 0.0905. The van der Waals surface area contributed by atoms with Crippen LogP contribution < -0.4 is 4.90 Å². The Balaban J connectivity index is 1.11. The van der Waals surface area contributed by atoms with Gasteiger partial charge in [-0.1, -0.05) is 170 Å². The third-order valence-corrected chi connectivity index (χ3v) is 11.3. The summed E-state index contributed by atoms with van der Waals surface area (Å²) in [6.45, 7) is 0. The highest BCUT2D eigenvalue weighted by atomic mass is 15.1. The van der Waals surface area contributed by atoms with Gasteiger partial charge in [-0.05, 0) is 142 Å². The van der Waals surface area contributed by atoms with Gasteiger partial charge in [-0.3, -0.25) is 0 Å². The topological polar surface area (TPSA) is 3.24 Å². The van der Waals surface area contributed by atoms with Crippen molar-refractivity contribution >= 4 is 70.9 Å². The lowest BCUT2D eigenvalue weighted by molar-refractivity contribution is 1.28. The molecule has 0 aliphatic rings. The molecule has 0 unspecified atom stereocenters. The maximum atomic E-state index is 9.64. The molecule has 0 fully saturated rings. The molecular weight excluding hydrogens is 687 g/mol. The van der Waals surface area contributed by atoms with Crippen LogP contribution >= 0.6 is 0 Å². The summed E-state index contributed by atoms with van der Waals surface area (Å²) in [5.41, 5.74) is 6.74. The molecule has 0 aliphatic carbocycles. The summed E-state index contributed by atoms with van der Waals surface area (Å²) < 4.78 is 38.2. The van der Waals surface area contributed by atoms with E-state index in [0.717, 1.165) is 60.3 Å². The third-order valence-electron chi connectivity index (χ3n) is 11.3. The second-order valence-corrected chi connectivity index (χ2v) is 14.6.